The largest absolute Gasteiger partial charge is 0.383 e. The van der Waals surface area contributed by atoms with E-state index in [2.05, 4.69) is 15.0 Å². The van der Waals surface area contributed by atoms with E-state index < -0.39 is 10.0 Å². The van der Waals surface area contributed by atoms with Crippen LogP contribution in [0.4, 0.5) is 0 Å². The first-order valence-corrected chi connectivity index (χ1v) is 7.90. The van der Waals surface area contributed by atoms with E-state index in [0.717, 1.165) is 5.01 Å². The van der Waals surface area contributed by atoms with Crippen LogP contribution in [0.5, 0.6) is 0 Å². The standard InChI is InChI=1S/C10H19N3O3S2.ClH/c1-8-10(17-9(2)13-8)18(14,15)12-5-4-11-6-7-16-3;/h11-12H,4-7H2,1-3H3;1H. The summed E-state index contributed by atoms with van der Waals surface area (Å²) in [7, 11) is -1.80. The Morgan fingerprint density at radius 1 is 1.26 bits per heavy atom. The van der Waals surface area contributed by atoms with Crippen molar-refractivity contribution in [2.45, 2.75) is 18.1 Å². The number of ether oxygens (including phenoxy) is 1. The van der Waals surface area contributed by atoms with Crippen molar-refractivity contribution in [3.05, 3.63) is 10.7 Å². The highest BCUT2D eigenvalue weighted by Crippen LogP contribution is 2.22. The summed E-state index contributed by atoms with van der Waals surface area (Å²) in [5, 5.41) is 3.82. The number of rotatable bonds is 8. The van der Waals surface area contributed by atoms with Gasteiger partial charge in [-0.15, -0.1) is 23.7 Å². The lowest BCUT2D eigenvalue weighted by atomic mass is 10.6. The Morgan fingerprint density at radius 2 is 1.95 bits per heavy atom. The number of nitrogens with zero attached hydrogens (tertiary/aromatic N) is 1. The van der Waals surface area contributed by atoms with E-state index in [1.165, 1.54) is 11.3 Å². The van der Waals surface area contributed by atoms with Gasteiger partial charge in [-0.25, -0.2) is 18.1 Å². The summed E-state index contributed by atoms with van der Waals surface area (Å²) >= 11 is 1.19. The first-order valence-electron chi connectivity index (χ1n) is 5.60. The molecule has 1 heterocycles. The fraction of sp³-hybridized carbons (Fsp3) is 0.700. The zero-order chi connectivity index (χ0) is 13.6. The van der Waals surface area contributed by atoms with Crippen molar-refractivity contribution in [3.63, 3.8) is 0 Å². The van der Waals surface area contributed by atoms with Crippen molar-refractivity contribution in [2.75, 3.05) is 33.4 Å². The average Bonchev–Trinajstić information content (AvgIpc) is 2.63. The zero-order valence-electron chi connectivity index (χ0n) is 11.2. The molecule has 0 fully saturated rings. The quantitative estimate of drug-likeness (QED) is 0.686. The molecule has 0 saturated carbocycles. The minimum absolute atomic E-state index is 0. The van der Waals surface area contributed by atoms with Gasteiger partial charge in [0.05, 0.1) is 17.3 Å². The number of hydrogen-bond acceptors (Lipinski definition) is 6. The SMILES string of the molecule is COCCNCCNS(=O)(=O)c1sc(C)nc1C.Cl. The van der Waals surface area contributed by atoms with Crippen LogP contribution in [0.15, 0.2) is 4.21 Å². The van der Waals surface area contributed by atoms with Crippen molar-refractivity contribution in [2.24, 2.45) is 0 Å². The van der Waals surface area contributed by atoms with Crippen LogP contribution in [0, 0.1) is 13.8 Å². The van der Waals surface area contributed by atoms with E-state index in [9.17, 15) is 8.42 Å². The van der Waals surface area contributed by atoms with Crippen LogP contribution in [0.2, 0.25) is 0 Å². The molecule has 0 spiro atoms. The normalized spacial score (nSPS) is 11.3. The van der Waals surface area contributed by atoms with E-state index >= 15 is 0 Å². The highest BCUT2D eigenvalue weighted by Gasteiger charge is 2.19. The van der Waals surface area contributed by atoms with Gasteiger partial charge in [-0.05, 0) is 13.8 Å². The first-order chi connectivity index (χ1) is 8.47. The monoisotopic (exact) mass is 329 g/mol. The Labute approximate surface area is 124 Å². The van der Waals surface area contributed by atoms with Gasteiger partial charge in [0.1, 0.15) is 0 Å². The molecule has 0 aromatic carbocycles. The number of aryl methyl sites for hydroxylation is 2. The summed E-state index contributed by atoms with van der Waals surface area (Å²) < 4.78 is 31.6. The summed E-state index contributed by atoms with van der Waals surface area (Å²) in [6.45, 7) is 5.73. The van der Waals surface area contributed by atoms with E-state index in [-0.39, 0.29) is 12.4 Å². The van der Waals surface area contributed by atoms with Crippen molar-refractivity contribution in [1.82, 2.24) is 15.0 Å². The summed E-state index contributed by atoms with van der Waals surface area (Å²) in [5.41, 5.74) is 0.553. The van der Waals surface area contributed by atoms with Crippen molar-refractivity contribution >= 4 is 33.8 Å². The third-order valence-corrected chi connectivity index (χ3v) is 5.33. The van der Waals surface area contributed by atoms with Gasteiger partial charge < -0.3 is 10.1 Å². The van der Waals surface area contributed by atoms with Gasteiger partial charge >= 0.3 is 0 Å². The summed E-state index contributed by atoms with van der Waals surface area (Å²) in [4.78, 5) is 4.11. The molecular formula is C10H20ClN3O3S2. The number of thiazole rings is 1. The number of halogens is 1. The molecule has 19 heavy (non-hydrogen) atoms. The number of sulfonamides is 1. The third-order valence-electron chi connectivity index (χ3n) is 2.18. The van der Waals surface area contributed by atoms with Gasteiger partial charge in [0.25, 0.3) is 10.0 Å². The van der Waals surface area contributed by atoms with Crippen LogP contribution in [0.25, 0.3) is 0 Å². The number of aromatic nitrogens is 1. The molecular weight excluding hydrogens is 310 g/mol. The second-order valence-corrected chi connectivity index (χ2v) is 6.91. The van der Waals surface area contributed by atoms with Crippen molar-refractivity contribution in [1.29, 1.82) is 0 Å². The lowest BCUT2D eigenvalue weighted by molar-refractivity contribution is 0.199. The summed E-state index contributed by atoms with van der Waals surface area (Å²) in [5.74, 6) is 0. The molecule has 0 aliphatic heterocycles. The summed E-state index contributed by atoms with van der Waals surface area (Å²) in [6, 6.07) is 0. The second-order valence-electron chi connectivity index (χ2n) is 3.75. The number of nitrogens with one attached hydrogen (secondary N) is 2. The maximum Gasteiger partial charge on any atom is 0.251 e. The maximum absolute atomic E-state index is 12.0. The minimum Gasteiger partial charge on any atom is -0.383 e. The molecule has 9 heteroatoms. The van der Waals surface area contributed by atoms with Gasteiger partial charge in [-0.2, -0.15) is 0 Å². The van der Waals surface area contributed by atoms with Crippen LogP contribution in [0.1, 0.15) is 10.7 Å². The van der Waals surface area contributed by atoms with E-state index in [4.69, 9.17) is 4.74 Å². The molecule has 0 aliphatic carbocycles. The average molecular weight is 330 g/mol. The lowest BCUT2D eigenvalue weighted by Gasteiger charge is -2.06. The van der Waals surface area contributed by atoms with Crippen LogP contribution in [-0.2, 0) is 14.8 Å². The Bertz CT molecular complexity index is 476. The number of methoxy groups -OCH3 is 1. The Hall–Kier alpha value is -0.250. The molecule has 1 aromatic heterocycles. The molecule has 0 unspecified atom stereocenters. The third kappa shape index (κ3) is 6.15. The van der Waals surface area contributed by atoms with E-state index in [0.29, 0.717) is 36.1 Å². The molecule has 1 rings (SSSR count). The Balaban J connectivity index is 0.00000324. The molecule has 6 nitrogen and oxygen atoms in total. The van der Waals surface area contributed by atoms with Gasteiger partial charge in [-0.3, -0.25) is 0 Å². The lowest BCUT2D eigenvalue weighted by Crippen LogP contribution is -2.33. The smallest absolute Gasteiger partial charge is 0.251 e. The molecule has 0 atom stereocenters. The molecule has 1 aromatic rings. The Morgan fingerprint density at radius 3 is 2.47 bits per heavy atom. The number of hydrogen-bond donors (Lipinski definition) is 2. The van der Waals surface area contributed by atoms with Gasteiger partial charge in [0.2, 0.25) is 0 Å². The second kappa shape index (κ2) is 8.83. The molecule has 0 aliphatic rings. The maximum atomic E-state index is 12.0. The molecule has 112 valence electrons. The predicted molar refractivity (Wildman–Crippen MR) is 78.8 cm³/mol. The molecule has 2 N–H and O–H groups in total. The van der Waals surface area contributed by atoms with Crippen LogP contribution in [-0.4, -0.2) is 46.8 Å². The molecule has 0 amide bonds. The van der Waals surface area contributed by atoms with Crippen LogP contribution >= 0.6 is 23.7 Å². The van der Waals surface area contributed by atoms with E-state index in [1.807, 2.05) is 0 Å². The van der Waals surface area contributed by atoms with E-state index in [1.54, 1.807) is 21.0 Å². The summed E-state index contributed by atoms with van der Waals surface area (Å²) in [6.07, 6.45) is 0. The Kier molecular flexibility index (Phi) is 8.71. The molecule has 0 bridgehead atoms. The topological polar surface area (TPSA) is 80.3 Å². The highest BCUT2D eigenvalue weighted by atomic mass is 35.5. The van der Waals surface area contributed by atoms with Gasteiger partial charge in [0, 0.05) is 26.7 Å². The van der Waals surface area contributed by atoms with Gasteiger partial charge in [-0.1, -0.05) is 0 Å². The van der Waals surface area contributed by atoms with Gasteiger partial charge in [0.15, 0.2) is 4.21 Å². The fourth-order valence-corrected chi connectivity index (χ4v) is 3.96. The molecule has 0 saturated heterocycles. The van der Waals surface area contributed by atoms with Crippen LogP contribution in [0.3, 0.4) is 0 Å². The van der Waals surface area contributed by atoms with Crippen molar-refractivity contribution < 1.29 is 13.2 Å². The fourth-order valence-electron chi connectivity index (χ4n) is 1.40. The molecule has 0 radical (unpaired) electrons. The zero-order valence-corrected chi connectivity index (χ0v) is 13.7. The van der Waals surface area contributed by atoms with Crippen LogP contribution < -0.4 is 10.0 Å². The first kappa shape index (κ1) is 18.8. The highest BCUT2D eigenvalue weighted by molar-refractivity contribution is 7.91. The predicted octanol–water partition coefficient (Wildman–Crippen LogP) is 0.696. The van der Waals surface area contributed by atoms with Crippen molar-refractivity contribution in [3.8, 4) is 0 Å². The minimum atomic E-state index is -3.43.